The Labute approximate surface area is 118 Å². The van der Waals surface area contributed by atoms with E-state index >= 15 is 0 Å². The average molecular weight is 266 g/mol. The number of hydrogen-bond acceptors (Lipinski definition) is 2. The third-order valence-electron chi connectivity index (χ3n) is 3.30. The van der Waals surface area contributed by atoms with Gasteiger partial charge in [0.15, 0.2) is 0 Å². The maximum atomic E-state index is 5.92. The first-order chi connectivity index (χ1) is 9.79. The maximum Gasteiger partial charge on any atom is 0.137 e. The summed E-state index contributed by atoms with van der Waals surface area (Å²) in [6.45, 7) is 4.92. The lowest BCUT2D eigenvalue weighted by Gasteiger charge is -2.12. The van der Waals surface area contributed by atoms with Gasteiger partial charge in [-0.3, -0.25) is 0 Å². The van der Waals surface area contributed by atoms with Gasteiger partial charge in [0.2, 0.25) is 0 Å². The third-order valence-corrected chi connectivity index (χ3v) is 3.30. The van der Waals surface area contributed by atoms with Crippen molar-refractivity contribution >= 4 is 5.65 Å². The highest BCUT2D eigenvalue weighted by Crippen LogP contribution is 2.32. The van der Waals surface area contributed by atoms with Crippen LogP contribution in [-0.4, -0.2) is 16.0 Å². The second kappa shape index (κ2) is 5.37. The normalized spacial score (nSPS) is 10.9. The summed E-state index contributed by atoms with van der Waals surface area (Å²) in [7, 11) is 0. The molecule has 0 radical (unpaired) electrons. The fourth-order valence-corrected chi connectivity index (χ4v) is 2.31. The Morgan fingerprint density at radius 2 is 2.05 bits per heavy atom. The van der Waals surface area contributed by atoms with Crippen molar-refractivity contribution in [1.29, 1.82) is 0 Å². The van der Waals surface area contributed by atoms with Crippen LogP contribution < -0.4 is 4.74 Å². The Hall–Kier alpha value is -2.29. The first-order valence-electron chi connectivity index (χ1n) is 6.96. The molecule has 0 unspecified atom stereocenters. The number of rotatable bonds is 4. The van der Waals surface area contributed by atoms with E-state index in [2.05, 4.69) is 31.0 Å². The number of imidazole rings is 1. The summed E-state index contributed by atoms with van der Waals surface area (Å²) >= 11 is 0. The molecule has 20 heavy (non-hydrogen) atoms. The zero-order valence-electron chi connectivity index (χ0n) is 11.8. The highest BCUT2D eigenvalue weighted by molar-refractivity contribution is 5.70. The zero-order valence-corrected chi connectivity index (χ0v) is 11.8. The quantitative estimate of drug-likeness (QED) is 0.710. The van der Waals surface area contributed by atoms with Crippen LogP contribution in [0, 0.1) is 6.92 Å². The maximum absolute atomic E-state index is 5.92. The molecular formula is C17H18N2O. The van der Waals surface area contributed by atoms with E-state index in [0.717, 1.165) is 41.2 Å². The SMILES string of the molecule is CCCOc1c(C)cccc1-c1cn2ccccc2n1. The van der Waals surface area contributed by atoms with Gasteiger partial charge < -0.3 is 9.14 Å². The van der Waals surface area contributed by atoms with Gasteiger partial charge in [0.05, 0.1) is 12.3 Å². The van der Waals surface area contributed by atoms with Crippen molar-refractivity contribution in [2.24, 2.45) is 0 Å². The molecule has 0 spiro atoms. The number of benzene rings is 1. The number of para-hydroxylation sites is 1. The van der Waals surface area contributed by atoms with Crippen molar-refractivity contribution in [1.82, 2.24) is 9.38 Å². The van der Waals surface area contributed by atoms with Gasteiger partial charge in [-0.05, 0) is 37.1 Å². The smallest absolute Gasteiger partial charge is 0.137 e. The van der Waals surface area contributed by atoms with E-state index in [9.17, 15) is 0 Å². The predicted octanol–water partition coefficient (Wildman–Crippen LogP) is 4.10. The molecule has 102 valence electrons. The average Bonchev–Trinajstić information content (AvgIpc) is 2.89. The molecule has 3 aromatic rings. The lowest BCUT2D eigenvalue weighted by Crippen LogP contribution is -1.99. The van der Waals surface area contributed by atoms with Gasteiger partial charge in [0.1, 0.15) is 11.4 Å². The minimum Gasteiger partial charge on any atom is -0.493 e. The van der Waals surface area contributed by atoms with Crippen LogP contribution in [0.3, 0.4) is 0 Å². The van der Waals surface area contributed by atoms with Crippen molar-refractivity contribution in [2.75, 3.05) is 6.61 Å². The minimum atomic E-state index is 0.727. The summed E-state index contributed by atoms with van der Waals surface area (Å²) in [5, 5.41) is 0. The molecule has 0 aliphatic carbocycles. The van der Waals surface area contributed by atoms with Crippen molar-refractivity contribution in [3.63, 3.8) is 0 Å². The number of aromatic nitrogens is 2. The summed E-state index contributed by atoms with van der Waals surface area (Å²) in [4.78, 5) is 4.68. The van der Waals surface area contributed by atoms with Crippen LogP contribution in [-0.2, 0) is 0 Å². The molecule has 2 aromatic heterocycles. The van der Waals surface area contributed by atoms with Gasteiger partial charge in [0, 0.05) is 18.0 Å². The van der Waals surface area contributed by atoms with E-state index in [0.29, 0.717) is 0 Å². The fourth-order valence-electron chi connectivity index (χ4n) is 2.31. The van der Waals surface area contributed by atoms with E-state index in [1.807, 2.05) is 41.1 Å². The molecule has 0 atom stereocenters. The molecule has 0 saturated heterocycles. The highest BCUT2D eigenvalue weighted by atomic mass is 16.5. The first-order valence-corrected chi connectivity index (χ1v) is 6.96. The van der Waals surface area contributed by atoms with E-state index in [1.54, 1.807) is 0 Å². The van der Waals surface area contributed by atoms with Crippen molar-refractivity contribution in [3.05, 3.63) is 54.4 Å². The standard InChI is InChI=1S/C17H18N2O/c1-3-11-20-17-13(2)7-6-8-14(17)15-12-19-10-5-4-9-16(19)18-15/h4-10,12H,3,11H2,1-2H3. The second-order valence-electron chi connectivity index (χ2n) is 4.89. The second-order valence-corrected chi connectivity index (χ2v) is 4.89. The Balaban J connectivity index is 2.10. The molecule has 3 heteroatoms. The Morgan fingerprint density at radius 3 is 2.85 bits per heavy atom. The first kappa shape index (κ1) is 12.7. The zero-order chi connectivity index (χ0) is 13.9. The van der Waals surface area contributed by atoms with Crippen LogP contribution in [0.5, 0.6) is 5.75 Å². The van der Waals surface area contributed by atoms with Crippen LogP contribution in [0.25, 0.3) is 16.9 Å². The fraction of sp³-hybridized carbons (Fsp3) is 0.235. The molecule has 0 saturated carbocycles. The molecule has 3 rings (SSSR count). The number of pyridine rings is 1. The summed E-state index contributed by atoms with van der Waals surface area (Å²) in [6, 6.07) is 12.2. The van der Waals surface area contributed by atoms with Gasteiger partial charge in [0.25, 0.3) is 0 Å². The molecule has 3 nitrogen and oxygen atoms in total. The van der Waals surface area contributed by atoms with Crippen LogP contribution in [0.15, 0.2) is 48.8 Å². The Kier molecular flexibility index (Phi) is 3.42. The number of nitrogens with zero attached hydrogens (tertiary/aromatic N) is 2. The topological polar surface area (TPSA) is 26.5 Å². The number of aryl methyl sites for hydroxylation is 1. The van der Waals surface area contributed by atoms with Crippen molar-refractivity contribution < 1.29 is 4.74 Å². The summed E-state index contributed by atoms with van der Waals surface area (Å²) < 4.78 is 7.95. The van der Waals surface area contributed by atoms with E-state index in [4.69, 9.17) is 4.74 Å². The molecule has 0 amide bonds. The van der Waals surface area contributed by atoms with Crippen LogP contribution in [0.1, 0.15) is 18.9 Å². The van der Waals surface area contributed by atoms with Crippen LogP contribution in [0.2, 0.25) is 0 Å². The minimum absolute atomic E-state index is 0.727. The molecule has 0 N–H and O–H groups in total. The molecule has 2 heterocycles. The van der Waals surface area contributed by atoms with Gasteiger partial charge >= 0.3 is 0 Å². The molecule has 1 aromatic carbocycles. The molecule has 0 aliphatic heterocycles. The summed E-state index contributed by atoms with van der Waals surface area (Å²) in [5.74, 6) is 0.942. The number of hydrogen-bond donors (Lipinski definition) is 0. The largest absolute Gasteiger partial charge is 0.493 e. The molecular weight excluding hydrogens is 248 g/mol. The Morgan fingerprint density at radius 1 is 1.15 bits per heavy atom. The van der Waals surface area contributed by atoms with E-state index < -0.39 is 0 Å². The highest BCUT2D eigenvalue weighted by Gasteiger charge is 2.12. The molecule has 0 bridgehead atoms. The van der Waals surface area contributed by atoms with Gasteiger partial charge in [-0.15, -0.1) is 0 Å². The number of fused-ring (bicyclic) bond motifs is 1. The Bertz CT molecular complexity index is 698. The van der Waals surface area contributed by atoms with Crippen LogP contribution >= 0.6 is 0 Å². The predicted molar refractivity (Wildman–Crippen MR) is 81.2 cm³/mol. The molecule has 0 aliphatic rings. The van der Waals surface area contributed by atoms with Gasteiger partial charge in [-0.2, -0.15) is 0 Å². The van der Waals surface area contributed by atoms with Gasteiger partial charge in [-0.1, -0.05) is 25.1 Å². The summed E-state index contributed by atoms with van der Waals surface area (Å²) in [6.07, 6.45) is 5.05. The third kappa shape index (κ3) is 2.27. The van der Waals surface area contributed by atoms with E-state index in [1.165, 1.54) is 0 Å². The van der Waals surface area contributed by atoms with Crippen molar-refractivity contribution in [2.45, 2.75) is 20.3 Å². The van der Waals surface area contributed by atoms with E-state index in [-0.39, 0.29) is 0 Å². The monoisotopic (exact) mass is 266 g/mol. The van der Waals surface area contributed by atoms with Gasteiger partial charge in [-0.25, -0.2) is 4.98 Å². The molecule has 0 fully saturated rings. The van der Waals surface area contributed by atoms with Crippen molar-refractivity contribution in [3.8, 4) is 17.0 Å². The lowest BCUT2D eigenvalue weighted by molar-refractivity contribution is 0.316. The lowest BCUT2D eigenvalue weighted by atomic mass is 10.1. The van der Waals surface area contributed by atoms with Crippen LogP contribution in [0.4, 0.5) is 0 Å². The summed E-state index contributed by atoms with van der Waals surface area (Å²) in [5.41, 5.74) is 4.10. The number of ether oxygens (including phenoxy) is 1.